The van der Waals surface area contributed by atoms with Crippen LogP contribution in [0.3, 0.4) is 0 Å². The van der Waals surface area contributed by atoms with Crippen LogP contribution in [-0.4, -0.2) is 15.8 Å². The van der Waals surface area contributed by atoms with Crippen LogP contribution in [0.25, 0.3) is 21.7 Å². The van der Waals surface area contributed by atoms with Crippen molar-refractivity contribution < 1.29 is 23.4 Å². The van der Waals surface area contributed by atoms with Crippen molar-refractivity contribution in [3.8, 4) is 17.6 Å². The van der Waals surface area contributed by atoms with E-state index in [9.17, 15) is 23.8 Å². The van der Waals surface area contributed by atoms with Gasteiger partial charge < -0.3 is 14.6 Å². The first-order chi connectivity index (χ1) is 11.9. The molecule has 25 heavy (non-hydrogen) atoms. The summed E-state index contributed by atoms with van der Waals surface area (Å²) >= 11 is 0. The molecule has 0 atom stereocenters. The van der Waals surface area contributed by atoms with Crippen molar-refractivity contribution in [1.82, 2.24) is 0 Å². The molecule has 1 saturated carbocycles. The topological polar surface area (TPSA) is 70.7 Å². The van der Waals surface area contributed by atoms with Gasteiger partial charge in [0.2, 0.25) is 0 Å². The smallest absolute Gasteiger partial charge is 0.344 e. The highest BCUT2D eigenvalue weighted by atomic mass is 19.1. The minimum Gasteiger partial charge on any atom is -0.508 e. The summed E-state index contributed by atoms with van der Waals surface area (Å²) in [5.74, 6) is 3.19. The summed E-state index contributed by atoms with van der Waals surface area (Å²) in [6, 6.07) is 4.27. The number of aromatic hydroxyl groups is 1. The molecule has 4 nitrogen and oxygen atoms in total. The largest absolute Gasteiger partial charge is 0.508 e. The van der Waals surface area contributed by atoms with E-state index in [1.807, 2.05) is 0 Å². The van der Waals surface area contributed by atoms with Crippen LogP contribution in [0.1, 0.15) is 24.8 Å². The van der Waals surface area contributed by atoms with Crippen LogP contribution in [0.2, 0.25) is 0 Å². The van der Waals surface area contributed by atoms with Crippen LogP contribution in [0.4, 0.5) is 8.78 Å². The molecule has 0 spiro atoms. The number of halogens is 2. The maximum Gasteiger partial charge on any atom is 0.344 e. The van der Waals surface area contributed by atoms with Crippen molar-refractivity contribution in [2.24, 2.45) is 0 Å². The molecule has 4 rings (SSSR count). The molecule has 1 aromatic heterocycles. The highest BCUT2D eigenvalue weighted by Gasteiger charge is 2.32. The lowest BCUT2D eigenvalue weighted by Gasteiger charge is -2.30. The number of aliphatic hydroxyl groups is 1. The normalized spacial score (nSPS) is 15.6. The Morgan fingerprint density at radius 1 is 1.08 bits per heavy atom. The van der Waals surface area contributed by atoms with Gasteiger partial charge in [-0.25, -0.2) is 13.6 Å². The van der Waals surface area contributed by atoms with Gasteiger partial charge in [-0.15, -0.1) is 0 Å². The summed E-state index contributed by atoms with van der Waals surface area (Å²) in [5.41, 5.74) is -1.98. The Balaban J connectivity index is 2.00. The summed E-state index contributed by atoms with van der Waals surface area (Å²) in [5, 5.41) is 18.8. The average molecular weight is 342 g/mol. The van der Waals surface area contributed by atoms with Crippen LogP contribution in [0, 0.1) is 23.5 Å². The van der Waals surface area contributed by atoms with E-state index in [2.05, 4.69) is 11.8 Å². The number of hydrogen-bond acceptors (Lipinski definition) is 4. The molecule has 0 unspecified atom stereocenters. The monoisotopic (exact) mass is 342 g/mol. The van der Waals surface area contributed by atoms with Gasteiger partial charge in [-0.3, -0.25) is 0 Å². The van der Waals surface area contributed by atoms with E-state index in [0.29, 0.717) is 12.8 Å². The highest BCUT2D eigenvalue weighted by molar-refractivity contribution is 6.05. The van der Waals surface area contributed by atoms with Crippen LogP contribution < -0.4 is 5.63 Å². The first-order valence-corrected chi connectivity index (χ1v) is 7.70. The summed E-state index contributed by atoms with van der Waals surface area (Å²) in [4.78, 5) is 12.2. The van der Waals surface area contributed by atoms with Crippen molar-refractivity contribution in [1.29, 1.82) is 0 Å². The molecule has 3 aromatic rings. The van der Waals surface area contributed by atoms with Crippen molar-refractivity contribution in [3.63, 3.8) is 0 Å². The Morgan fingerprint density at radius 2 is 1.80 bits per heavy atom. The van der Waals surface area contributed by atoms with Gasteiger partial charge in [-0.05, 0) is 31.4 Å². The summed E-state index contributed by atoms with van der Waals surface area (Å²) in [6.45, 7) is 0. The molecule has 6 heteroatoms. The molecule has 0 amide bonds. The third kappa shape index (κ3) is 2.53. The number of fused-ring (bicyclic) bond motifs is 3. The van der Waals surface area contributed by atoms with E-state index in [1.165, 1.54) is 6.07 Å². The molecule has 126 valence electrons. The lowest BCUT2D eigenvalue weighted by molar-refractivity contribution is 0.0240. The SMILES string of the molecule is O=c1oc2cc(O)cc(F)c2c2c(F)cc(C#CC3(O)CCC3)cc12. The second-order valence-electron chi connectivity index (χ2n) is 6.21. The second kappa shape index (κ2) is 5.30. The number of rotatable bonds is 0. The maximum atomic E-state index is 14.6. The average Bonchev–Trinajstić information content (AvgIpc) is 2.51. The van der Waals surface area contributed by atoms with E-state index in [-0.39, 0.29) is 27.3 Å². The van der Waals surface area contributed by atoms with Crippen molar-refractivity contribution in [2.45, 2.75) is 24.9 Å². The summed E-state index contributed by atoms with van der Waals surface area (Å²) in [7, 11) is 0. The molecule has 2 N–H and O–H groups in total. The van der Waals surface area contributed by atoms with E-state index < -0.39 is 28.6 Å². The predicted molar refractivity (Wildman–Crippen MR) is 87.2 cm³/mol. The molecular formula is C19H12F2O4. The number of phenols is 1. The molecule has 2 aromatic carbocycles. The number of hydrogen-bond donors (Lipinski definition) is 2. The van der Waals surface area contributed by atoms with Crippen LogP contribution in [0.15, 0.2) is 33.5 Å². The molecular weight excluding hydrogens is 330 g/mol. The maximum absolute atomic E-state index is 14.6. The van der Waals surface area contributed by atoms with Crippen molar-refractivity contribution in [2.75, 3.05) is 0 Å². The summed E-state index contributed by atoms with van der Waals surface area (Å²) in [6.07, 6.45) is 1.98. The van der Waals surface area contributed by atoms with Gasteiger partial charge in [0.25, 0.3) is 0 Å². The summed E-state index contributed by atoms with van der Waals surface area (Å²) < 4.78 is 33.8. The molecule has 1 aliphatic rings. The standard InChI is InChI=1S/C19H12F2O4/c20-13-7-10(2-5-19(24)3-1-4-19)6-12-16(13)17-14(21)8-11(22)9-15(17)25-18(12)23/h6-9,22,24H,1,3-4H2. The Morgan fingerprint density at radius 3 is 2.48 bits per heavy atom. The minimum absolute atomic E-state index is 0.151. The lowest BCUT2D eigenvalue weighted by Crippen LogP contribution is -2.34. The van der Waals surface area contributed by atoms with Crippen LogP contribution in [-0.2, 0) is 0 Å². The zero-order valence-electron chi connectivity index (χ0n) is 12.9. The molecule has 1 heterocycles. The first-order valence-electron chi connectivity index (χ1n) is 7.70. The third-order valence-electron chi connectivity index (χ3n) is 4.42. The Hall–Kier alpha value is -2.91. The molecule has 0 aliphatic heterocycles. The highest BCUT2D eigenvalue weighted by Crippen LogP contribution is 2.32. The Labute approximate surface area is 140 Å². The third-order valence-corrected chi connectivity index (χ3v) is 4.42. The predicted octanol–water partition coefficient (Wildman–Crippen LogP) is 3.20. The Kier molecular flexibility index (Phi) is 3.31. The minimum atomic E-state index is -1.07. The number of benzene rings is 2. The fourth-order valence-corrected chi connectivity index (χ4v) is 2.96. The molecule has 1 aliphatic carbocycles. The van der Waals surface area contributed by atoms with E-state index >= 15 is 0 Å². The molecule has 0 bridgehead atoms. The van der Waals surface area contributed by atoms with Gasteiger partial charge in [0.05, 0.1) is 10.8 Å². The van der Waals surface area contributed by atoms with E-state index in [4.69, 9.17) is 4.42 Å². The lowest BCUT2D eigenvalue weighted by atomic mass is 9.81. The van der Waals surface area contributed by atoms with Gasteiger partial charge >= 0.3 is 5.63 Å². The van der Waals surface area contributed by atoms with Gasteiger partial charge in [0.15, 0.2) is 0 Å². The number of phenolic OH excluding ortho intramolecular Hbond substituents is 1. The van der Waals surface area contributed by atoms with E-state index in [1.54, 1.807) is 0 Å². The van der Waals surface area contributed by atoms with Crippen LogP contribution in [0.5, 0.6) is 5.75 Å². The van der Waals surface area contributed by atoms with Gasteiger partial charge in [-0.2, -0.15) is 0 Å². The van der Waals surface area contributed by atoms with Gasteiger partial charge in [0.1, 0.15) is 28.6 Å². The fraction of sp³-hybridized carbons (Fsp3) is 0.211. The van der Waals surface area contributed by atoms with Gasteiger partial charge in [0, 0.05) is 23.1 Å². The molecule has 1 fully saturated rings. The quantitative estimate of drug-likeness (QED) is 0.374. The van der Waals surface area contributed by atoms with E-state index in [0.717, 1.165) is 24.6 Å². The fourth-order valence-electron chi connectivity index (χ4n) is 2.96. The first kappa shape index (κ1) is 15.6. The van der Waals surface area contributed by atoms with Crippen molar-refractivity contribution >= 4 is 21.7 Å². The van der Waals surface area contributed by atoms with Crippen molar-refractivity contribution in [3.05, 3.63) is 51.9 Å². The van der Waals surface area contributed by atoms with Gasteiger partial charge in [-0.1, -0.05) is 11.8 Å². The second-order valence-corrected chi connectivity index (χ2v) is 6.21. The van der Waals surface area contributed by atoms with Crippen LogP contribution >= 0.6 is 0 Å². The zero-order valence-corrected chi connectivity index (χ0v) is 12.9. The zero-order chi connectivity index (χ0) is 17.8. The molecule has 0 saturated heterocycles. The molecule has 0 radical (unpaired) electrons. The Bertz CT molecular complexity index is 1150.